The van der Waals surface area contributed by atoms with E-state index in [0.717, 1.165) is 24.8 Å². The zero-order valence-corrected chi connectivity index (χ0v) is 9.08. The summed E-state index contributed by atoms with van der Waals surface area (Å²) in [5.41, 5.74) is 1.02. The fourth-order valence-electron chi connectivity index (χ4n) is 2.69. The monoisotopic (exact) mass is 193 g/mol. The minimum atomic E-state index is -0.266. The number of hydrogen-bond donors (Lipinski definition) is 1. The summed E-state index contributed by atoms with van der Waals surface area (Å²) in [6, 6.07) is 2.16. The maximum absolute atomic E-state index is 9.94. The maximum Gasteiger partial charge on any atom is 0.0621 e. The van der Waals surface area contributed by atoms with Gasteiger partial charge in [-0.05, 0) is 32.1 Å². The number of nitriles is 1. The number of aliphatic hydroxyl groups excluding tert-OH is 1. The molecule has 1 N–H and O–H groups in total. The van der Waals surface area contributed by atoms with Crippen molar-refractivity contribution in [1.29, 1.82) is 5.26 Å². The maximum atomic E-state index is 9.94. The summed E-state index contributed by atoms with van der Waals surface area (Å²) >= 11 is 0. The highest BCUT2D eigenvalue weighted by molar-refractivity contribution is 5.10. The molecule has 14 heavy (non-hydrogen) atoms. The van der Waals surface area contributed by atoms with Gasteiger partial charge < -0.3 is 5.11 Å². The minimum Gasteiger partial charge on any atom is -0.393 e. The van der Waals surface area contributed by atoms with Gasteiger partial charge in [-0.25, -0.2) is 0 Å². The van der Waals surface area contributed by atoms with Crippen molar-refractivity contribution in [1.82, 2.24) is 0 Å². The van der Waals surface area contributed by atoms with Crippen molar-refractivity contribution < 1.29 is 5.11 Å². The number of hydrogen-bond acceptors (Lipinski definition) is 2. The third kappa shape index (κ3) is 1.83. The summed E-state index contributed by atoms with van der Waals surface area (Å²) in [5.74, 6) is 0.380. The molecule has 2 nitrogen and oxygen atoms in total. The second-order valence-electron chi connectivity index (χ2n) is 4.66. The van der Waals surface area contributed by atoms with E-state index >= 15 is 0 Å². The zero-order chi connectivity index (χ0) is 10.8. The van der Waals surface area contributed by atoms with Gasteiger partial charge >= 0.3 is 0 Å². The molecule has 0 amide bonds. The second kappa shape index (κ2) is 4.14. The van der Waals surface area contributed by atoms with Crippen molar-refractivity contribution in [3.8, 4) is 6.07 Å². The molecule has 3 atom stereocenters. The molecule has 0 bridgehead atoms. The highest BCUT2D eigenvalue weighted by Crippen LogP contribution is 2.49. The summed E-state index contributed by atoms with van der Waals surface area (Å²) in [5, 5.41) is 18.5. The highest BCUT2D eigenvalue weighted by Gasteiger charge is 2.45. The summed E-state index contributed by atoms with van der Waals surface area (Å²) in [4.78, 5) is 0. The highest BCUT2D eigenvalue weighted by atomic mass is 16.3. The van der Waals surface area contributed by atoms with E-state index in [9.17, 15) is 5.11 Å². The molecular formula is C12H19NO. The lowest BCUT2D eigenvalue weighted by molar-refractivity contribution is 0.0421. The van der Waals surface area contributed by atoms with Crippen LogP contribution in [0.2, 0.25) is 0 Å². The quantitative estimate of drug-likeness (QED) is 0.700. The number of rotatable bonds is 3. The van der Waals surface area contributed by atoms with E-state index in [-0.39, 0.29) is 11.5 Å². The lowest BCUT2D eigenvalue weighted by Crippen LogP contribution is -2.32. The van der Waals surface area contributed by atoms with Gasteiger partial charge in [-0.2, -0.15) is 5.26 Å². The van der Waals surface area contributed by atoms with E-state index in [0.29, 0.717) is 12.3 Å². The van der Waals surface area contributed by atoms with Crippen LogP contribution >= 0.6 is 0 Å². The molecule has 0 radical (unpaired) electrons. The Balaban J connectivity index is 2.79. The van der Waals surface area contributed by atoms with Crippen LogP contribution in [0.4, 0.5) is 0 Å². The van der Waals surface area contributed by atoms with Crippen LogP contribution < -0.4 is 0 Å². The third-order valence-corrected chi connectivity index (χ3v) is 3.66. The summed E-state index contributed by atoms with van der Waals surface area (Å²) in [6.45, 7) is 8.09. The van der Waals surface area contributed by atoms with E-state index in [1.807, 2.05) is 6.92 Å². The van der Waals surface area contributed by atoms with Crippen LogP contribution in [0.3, 0.4) is 0 Å². The minimum absolute atomic E-state index is 0.123. The van der Waals surface area contributed by atoms with E-state index in [1.165, 1.54) is 0 Å². The lowest BCUT2D eigenvalue weighted by atomic mass is 9.72. The average Bonchev–Trinajstić information content (AvgIpc) is 2.41. The molecule has 0 saturated heterocycles. The standard InChI is InChI=1S/C12H19NO/c1-9(2)10-5-6-11(14)12(10,3)7-4-8-13/h10-11,14H,1,4-7H2,2-3H3. The average molecular weight is 193 g/mol. The Bertz CT molecular complexity index is 266. The van der Waals surface area contributed by atoms with Crippen LogP contribution in [0.5, 0.6) is 0 Å². The fourth-order valence-corrected chi connectivity index (χ4v) is 2.69. The lowest BCUT2D eigenvalue weighted by Gasteiger charge is -2.34. The molecule has 1 rings (SSSR count). The van der Waals surface area contributed by atoms with E-state index in [2.05, 4.69) is 19.6 Å². The Labute approximate surface area is 86.2 Å². The molecule has 2 heteroatoms. The molecule has 1 fully saturated rings. The van der Waals surface area contributed by atoms with Crippen molar-refractivity contribution >= 4 is 0 Å². The van der Waals surface area contributed by atoms with Gasteiger partial charge in [0.2, 0.25) is 0 Å². The smallest absolute Gasteiger partial charge is 0.0621 e. The molecule has 0 aromatic rings. The van der Waals surface area contributed by atoms with Crippen LogP contribution in [-0.4, -0.2) is 11.2 Å². The van der Waals surface area contributed by atoms with E-state index in [4.69, 9.17) is 5.26 Å². The first kappa shape index (κ1) is 11.3. The SMILES string of the molecule is C=C(C)C1CCC(O)C1(C)CCC#N. The third-order valence-electron chi connectivity index (χ3n) is 3.66. The van der Waals surface area contributed by atoms with Gasteiger partial charge in [0.25, 0.3) is 0 Å². The Morgan fingerprint density at radius 3 is 2.79 bits per heavy atom. The molecule has 0 aliphatic heterocycles. The zero-order valence-electron chi connectivity index (χ0n) is 9.08. The molecule has 1 saturated carbocycles. The Morgan fingerprint density at radius 1 is 1.64 bits per heavy atom. The summed E-state index contributed by atoms with van der Waals surface area (Å²) in [6.07, 6.45) is 2.90. The van der Waals surface area contributed by atoms with Gasteiger partial charge in [-0.15, -0.1) is 0 Å². The molecule has 0 aromatic heterocycles. The molecule has 0 spiro atoms. The van der Waals surface area contributed by atoms with Crippen molar-refractivity contribution in [2.75, 3.05) is 0 Å². The Kier molecular flexibility index (Phi) is 3.34. The van der Waals surface area contributed by atoms with Crippen molar-refractivity contribution in [2.45, 2.75) is 45.6 Å². The summed E-state index contributed by atoms with van der Waals surface area (Å²) < 4.78 is 0. The molecule has 1 aliphatic rings. The molecule has 78 valence electrons. The van der Waals surface area contributed by atoms with E-state index < -0.39 is 0 Å². The molecular weight excluding hydrogens is 174 g/mol. The molecule has 1 aliphatic carbocycles. The first-order chi connectivity index (χ1) is 6.52. The first-order valence-corrected chi connectivity index (χ1v) is 5.22. The van der Waals surface area contributed by atoms with Gasteiger partial charge in [-0.3, -0.25) is 0 Å². The van der Waals surface area contributed by atoms with Crippen LogP contribution in [0.15, 0.2) is 12.2 Å². The van der Waals surface area contributed by atoms with Crippen molar-refractivity contribution in [2.24, 2.45) is 11.3 Å². The molecule has 0 heterocycles. The van der Waals surface area contributed by atoms with Crippen LogP contribution in [0.25, 0.3) is 0 Å². The number of nitrogens with zero attached hydrogens (tertiary/aromatic N) is 1. The topological polar surface area (TPSA) is 44.0 Å². The van der Waals surface area contributed by atoms with Crippen molar-refractivity contribution in [3.63, 3.8) is 0 Å². The number of allylic oxidation sites excluding steroid dienone is 1. The van der Waals surface area contributed by atoms with Crippen molar-refractivity contribution in [3.05, 3.63) is 12.2 Å². The first-order valence-electron chi connectivity index (χ1n) is 5.22. The van der Waals surface area contributed by atoms with E-state index in [1.54, 1.807) is 0 Å². The predicted octanol–water partition coefficient (Wildman–Crippen LogP) is 2.64. The van der Waals surface area contributed by atoms with Gasteiger partial charge in [0.1, 0.15) is 0 Å². The van der Waals surface area contributed by atoms with Gasteiger partial charge in [0, 0.05) is 11.8 Å². The Hall–Kier alpha value is -0.810. The van der Waals surface area contributed by atoms with Gasteiger partial charge in [0.05, 0.1) is 12.2 Å². The Morgan fingerprint density at radius 2 is 2.29 bits per heavy atom. The second-order valence-corrected chi connectivity index (χ2v) is 4.66. The molecule has 0 aromatic carbocycles. The van der Waals surface area contributed by atoms with Gasteiger partial charge in [-0.1, -0.05) is 19.1 Å². The largest absolute Gasteiger partial charge is 0.393 e. The van der Waals surface area contributed by atoms with Gasteiger partial charge in [0.15, 0.2) is 0 Å². The fraction of sp³-hybridized carbons (Fsp3) is 0.750. The van der Waals surface area contributed by atoms with Crippen LogP contribution in [0, 0.1) is 22.7 Å². The predicted molar refractivity (Wildman–Crippen MR) is 56.5 cm³/mol. The van der Waals surface area contributed by atoms with Crippen LogP contribution in [-0.2, 0) is 0 Å². The van der Waals surface area contributed by atoms with Crippen LogP contribution in [0.1, 0.15) is 39.5 Å². The normalized spacial score (nSPS) is 36.7. The number of aliphatic hydroxyl groups is 1. The summed E-state index contributed by atoms with van der Waals surface area (Å²) in [7, 11) is 0. The molecule has 3 unspecified atom stereocenters.